The average molecular weight is 344 g/mol. The number of nitrogens with one attached hydrogen (secondary N) is 1. The number of amides is 2. The molecule has 7 heteroatoms. The van der Waals surface area contributed by atoms with Gasteiger partial charge in [0.05, 0.1) is 5.54 Å². The maximum Gasteiger partial charge on any atom is 0.259 e. The van der Waals surface area contributed by atoms with E-state index in [0.29, 0.717) is 17.9 Å². The van der Waals surface area contributed by atoms with Crippen molar-refractivity contribution in [2.24, 2.45) is 5.73 Å². The fourth-order valence-electron chi connectivity index (χ4n) is 1.84. The van der Waals surface area contributed by atoms with Gasteiger partial charge >= 0.3 is 0 Å². The molecule has 1 unspecified atom stereocenters. The molecule has 0 spiro atoms. The molecule has 2 amide bonds. The van der Waals surface area contributed by atoms with Crippen LogP contribution in [0.15, 0.2) is 24.3 Å². The van der Waals surface area contributed by atoms with Crippen molar-refractivity contribution in [1.29, 1.82) is 0 Å². The SMILES string of the molecule is CCCC(C)(N)C(=O)Nc1cccc(OCC(=O)N(C)C)c1.Cl. The lowest BCUT2D eigenvalue weighted by Gasteiger charge is -2.23. The first-order chi connectivity index (χ1) is 10.3. The molecule has 0 aromatic heterocycles. The topological polar surface area (TPSA) is 84.7 Å². The average Bonchev–Trinajstić information content (AvgIpc) is 2.44. The number of rotatable bonds is 7. The van der Waals surface area contributed by atoms with Crippen molar-refractivity contribution in [2.45, 2.75) is 32.2 Å². The number of nitrogens with zero attached hydrogens (tertiary/aromatic N) is 1. The number of halogens is 1. The first kappa shape index (κ1) is 21.2. The highest BCUT2D eigenvalue weighted by Crippen LogP contribution is 2.19. The Morgan fingerprint density at radius 1 is 1.35 bits per heavy atom. The molecule has 130 valence electrons. The summed E-state index contributed by atoms with van der Waals surface area (Å²) in [5.41, 5.74) is 5.68. The summed E-state index contributed by atoms with van der Waals surface area (Å²) in [4.78, 5) is 25.1. The van der Waals surface area contributed by atoms with Crippen LogP contribution in [-0.2, 0) is 9.59 Å². The molecule has 0 aliphatic rings. The molecule has 23 heavy (non-hydrogen) atoms. The van der Waals surface area contributed by atoms with Gasteiger partial charge in [0.2, 0.25) is 5.91 Å². The first-order valence-corrected chi connectivity index (χ1v) is 7.29. The smallest absolute Gasteiger partial charge is 0.259 e. The van der Waals surface area contributed by atoms with Crippen LogP contribution in [0.4, 0.5) is 5.69 Å². The predicted octanol–water partition coefficient (Wildman–Crippen LogP) is 2.03. The third kappa shape index (κ3) is 6.88. The van der Waals surface area contributed by atoms with Gasteiger partial charge in [-0.05, 0) is 25.5 Å². The highest BCUT2D eigenvalue weighted by atomic mass is 35.5. The molecule has 0 bridgehead atoms. The van der Waals surface area contributed by atoms with E-state index in [2.05, 4.69) is 5.32 Å². The third-order valence-corrected chi connectivity index (χ3v) is 3.24. The van der Waals surface area contributed by atoms with Gasteiger partial charge in [-0.25, -0.2) is 0 Å². The van der Waals surface area contributed by atoms with Gasteiger partial charge < -0.3 is 20.7 Å². The summed E-state index contributed by atoms with van der Waals surface area (Å²) in [6, 6.07) is 6.90. The lowest BCUT2D eigenvalue weighted by atomic mass is 9.96. The Balaban J connectivity index is 0.00000484. The minimum atomic E-state index is -0.910. The van der Waals surface area contributed by atoms with Crippen molar-refractivity contribution in [3.63, 3.8) is 0 Å². The van der Waals surface area contributed by atoms with Crippen molar-refractivity contribution < 1.29 is 14.3 Å². The minimum Gasteiger partial charge on any atom is -0.484 e. The van der Waals surface area contributed by atoms with Crippen LogP contribution in [0.5, 0.6) is 5.75 Å². The van der Waals surface area contributed by atoms with E-state index in [4.69, 9.17) is 10.5 Å². The Kier molecular flexibility index (Phi) is 8.64. The van der Waals surface area contributed by atoms with Crippen molar-refractivity contribution in [1.82, 2.24) is 4.90 Å². The molecule has 1 aromatic carbocycles. The standard InChI is InChI=1S/C16H25N3O3.ClH/c1-5-9-16(2,17)15(21)18-12-7-6-8-13(10-12)22-11-14(20)19(3)4;/h6-8,10H,5,9,11,17H2,1-4H3,(H,18,21);1H. The van der Waals surface area contributed by atoms with Gasteiger partial charge in [-0.15, -0.1) is 12.4 Å². The van der Waals surface area contributed by atoms with Crippen LogP contribution in [0.3, 0.4) is 0 Å². The lowest BCUT2D eigenvalue weighted by molar-refractivity contribution is -0.130. The number of anilines is 1. The van der Waals surface area contributed by atoms with Crippen LogP contribution in [0.2, 0.25) is 0 Å². The number of carbonyl (C=O) groups is 2. The van der Waals surface area contributed by atoms with Crippen molar-refractivity contribution in [3.05, 3.63) is 24.3 Å². The quantitative estimate of drug-likeness (QED) is 0.793. The number of likely N-dealkylation sites (N-methyl/N-ethyl adjacent to an activating group) is 1. The van der Waals surface area contributed by atoms with E-state index >= 15 is 0 Å². The summed E-state index contributed by atoms with van der Waals surface area (Å²) in [6.07, 6.45) is 1.43. The van der Waals surface area contributed by atoms with Crippen LogP contribution >= 0.6 is 12.4 Å². The Hall–Kier alpha value is -1.79. The van der Waals surface area contributed by atoms with Gasteiger partial charge in [0, 0.05) is 25.8 Å². The van der Waals surface area contributed by atoms with Crippen molar-refractivity contribution in [2.75, 3.05) is 26.0 Å². The number of nitrogens with two attached hydrogens (primary N) is 1. The zero-order valence-electron chi connectivity index (χ0n) is 14.1. The molecule has 0 radical (unpaired) electrons. The second kappa shape index (κ2) is 9.37. The molecule has 6 nitrogen and oxygen atoms in total. The van der Waals surface area contributed by atoms with Crippen LogP contribution < -0.4 is 15.8 Å². The largest absolute Gasteiger partial charge is 0.484 e. The summed E-state index contributed by atoms with van der Waals surface area (Å²) in [7, 11) is 3.33. The molecule has 0 aliphatic carbocycles. The Bertz CT molecular complexity index is 533. The van der Waals surface area contributed by atoms with Crippen LogP contribution in [0.25, 0.3) is 0 Å². The normalized spacial score (nSPS) is 12.6. The lowest BCUT2D eigenvalue weighted by Crippen LogP contribution is -2.48. The van der Waals surface area contributed by atoms with Crippen molar-refractivity contribution >= 4 is 29.9 Å². The molecule has 0 fully saturated rings. The first-order valence-electron chi connectivity index (χ1n) is 7.29. The molecular formula is C16H26ClN3O3. The Morgan fingerprint density at radius 3 is 2.57 bits per heavy atom. The molecule has 0 saturated heterocycles. The van der Waals surface area contributed by atoms with E-state index in [0.717, 1.165) is 6.42 Å². The molecule has 3 N–H and O–H groups in total. The highest BCUT2D eigenvalue weighted by Gasteiger charge is 2.27. The van der Waals surface area contributed by atoms with Crippen LogP contribution in [0.1, 0.15) is 26.7 Å². The molecule has 1 rings (SSSR count). The van der Waals surface area contributed by atoms with Gasteiger partial charge in [-0.1, -0.05) is 19.4 Å². The monoisotopic (exact) mass is 343 g/mol. The van der Waals surface area contributed by atoms with E-state index in [9.17, 15) is 9.59 Å². The number of hydrogen-bond acceptors (Lipinski definition) is 4. The second-order valence-electron chi connectivity index (χ2n) is 5.73. The van der Waals surface area contributed by atoms with E-state index in [-0.39, 0.29) is 30.8 Å². The molecule has 0 saturated carbocycles. The zero-order chi connectivity index (χ0) is 16.8. The maximum atomic E-state index is 12.2. The van der Waals surface area contributed by atoms with Crippen LogP contribution in [-0.4, -0.2) is 43.0 Å². The number of hydrogen-bond donors (Lipinski definition) is 2. The highest BCUT2D eigenvalue weighted by molar-refractivity contribution is 5.97. The zero-order valence-corrected chi connectivity index (χ0v) is 14.9. The predicted molar refractivity (Wildman–Crippen MR) is 94.0 cm³/mol. The maximum absolute atomic E-state index is 12.2. The van der Waals surface area contributed by atoms with Gasteiger partial charge in [-0.2, -0.15) is 0 Å². The summed E-state index contributed by atoms with van der Waals surface area (Å²) in [5, 5.41) is 2.78. The van der Waals surface area contributed by atoms with E-state index in [1.54, 1.807) is 45.3 Å². The van der Waals surface area contributed by atoms with Crippen LogP contribution in [0, 0.1) is 0 Å². The van der Waals surface area contributed by atoms with Gasteiger partial charge in [0.25, 0.3) is 5.91 Å². The molecule has 1 aromatic rings. The Labute approximate surface area is 143 Å². The van der Waals surface area contributed by atoms with Gasteiger partial charge in [0.1, 0.15) is 5.75 Å². The van der Waals surface area contributed by atoms with E-state index in [1.165, 1.54) is 4.90 Å². The summed E-state index contributed by atoms with van der Waals surface area (Å²) < 4.78 is 5.41. The minimum absolute atomic E-state index is 0. The fraction of sp³-hybridized carbons (Fsp3) is 0.500. The van der Waals surface area contributed by atoms with Gasteiger partial charge in [0.15, 0.2) is 6.61 Å². The second-order valence-corrected chi connectivity index (χ2v) is 5.73. The van der Waals surface area contributed by atoms with E-state index < -0.39 is 5.54 Å². The third-order valence-electron chi connectivity index (χ3n) is 3.24. The van der Waals surface area contributed by atoms with Gasteiger partial charge in [-0.3, -0.25) is 9.59 Å². The van der Waals surface area contributed by atoms with E-state index in [1.807, 2.05) is 6.92 Å². The summed E-state index contributed by atoms with van der Waals surface area (Å²) in [5.74, 6) is 0.144. The summed E-state index contributed by atoms with van der Waals surface area (Å²) >= 11 is 0. The van der Waals surface area contributed by atoms with Crippen molar-refractivity contribution in [3.8, 4) is 5.75 Å². The number of ether oxygens (including phenoxy) is 1. The number of carbonyl (C=O) groups excluding carboxylic acids is 2. The molecule has 1 atom stereocenters. The molecule has 0 aliphatic heterocycles. The number of benzene rings is 1. The Morgan fingerprint density at radius 2 is 2.00 bits per heavy atom. The fourth-order valence-corrected chi connectivity index (χ4v) is 1.84. The molecule has 0 heterocycles. The molecular weight excluding hydrogens is 318 g/mol. The summed E-state index contributed by atoms with van der Waals surface area (Å²) in [6.45, 7) is 3.64.